The summed E-state index contributed by atoms with van der Waals surface area (Å²) in [6, 6.07) is 3.51. The lowest BCUT2D eigenvalue weighted by Crippen LogP contribution is -2.48. The van der Waals surface area contributed by atoms with E-state index in [0.717, 1.165) is 12.0 Å². The molecule has 1 fully saturated rings. The van der Waals surface area contributed by atoms with Crippen LogP contribution in [0.15, 0.2) is 12.1 Å². The Balaban J connectivity index is 2.34. The Morgan fingerprint density at radius 1 is 1.03 bits per heavy atom. The number of hydrogen-bond donors (Lipinski definition) is 2. The molecular formula is C23H37N3O6. The smallest absolute Gasteiger partial charge is 0.317 e. The first-order valence-electron chi connectivity index (χ1n) is 10.8. The summed E-state index contributed by atoms with van der Waals surface area (Å²) in [5.41, 5.74) is 0.474. The molecule has 0 radical (unpaired) electrons. The molecule has 180 valence electrons. The zero-order valence-corrected chi connectivity index (χ0v) is 20.2. The van der Waals surface area contributed by atoms with E-state index in [1.165, 1.54) is 0 Å². The molecule has 2 rings (SSSR count). The molecule has 9 nitrogen and oxygen atoms in total. The standard InChI is InChI=1S/C23H37N3O6/c1-23(2,3)25-22(28)26-13-16(17(14-26)21(27)24-9-8-10-29-4)15-11-18(30-5)20(32-7)19(12-15)31-6/h11-12,16-17H,8-10,13-14H2,1-7H3,(H,24,27)(H,25,28)/t16-,17+/m1/s1. The van der Waals surface area contributed by atoms with Crippen LogP contribution >= 0.6 is 0 Å². The molecular weight excluding hydrogens is 414 g/mol. The summed E-state index contributed by atoms with van der Waals surface area (Å²) in [4.78, 5) is 27.6. The molecule has 2 atom stereocenters. The third kappa shape index (κ3) is 6.41. The van der Waals surface area contributed by atoms with Gasteiger partial charge in [0.1, 0.15) is 0 Å². The van der Waals surface area contributed by atoms with Crippen LogP contribution in [0.4, 0.5) is 4.79 Å². The second-order valence-electron chi connectivity index (χ2n) is 8.89. The maximum Gasteiger partial charge on any atom is 0.317 e. The summed E-state index contributed by atoms with van der Waals surface area (Å²) in [7, 11) is 6.28. The highest BCUT2D eigenvalue weighted by molar-refractivity contribution is 5.83. The van der Waals surface area contributed by atoms with Crippen molar-refractivity contribution in [3.8, 4) is 17.2 Å². The molecule has 0 spiro atoms. The van der Waals surface area contributed by atoms with Gasteiger partial charge in [-0.2, -0.15) is 0 Å². The Labute approximate surface area is 190 Å². The number of benzene rings is 1. The largest absolute Gasteiger partial charge is 0.493 e. The SMILES string of the molecule is COCCCNC(=O)[C@H]1CN(C(=O)NC(C)(C)C)C[C@@H]1c1cc(OC)c(OC)c(OC)c1. The van der Waals surface area contributed by atoms with Crippen LogP contribution in [0.3, 0.4) is 0 Å². The van der Waals surface area contributed by atoms with Crippen LogP contribution in [0.2, 0.25) is 0 Å². The number of rotatable bonds is 9. The van der Waals surface area contributed by atoms with Crippen molar-refractivity contribution < 1.29 is 28.5 Å². The first-order valence-corrected chi connectivity index (χ1v) is 10.8. The van der Waals surface area contributed by atoms with E-state index in [1.807, 2.05) is 32.9 Å². The predicted molar refractivity (Wildman–Crippen MR) is 122 cm³/mol. The minimum Gasteiger partial charge on any atom is -0.493 e. The van der Waals surface area contributed by atoms with Crippen LogP contribution in [0, 0.1) is 5.92 Å². The number of carbonyl (C=O) groups excluding carboxylic acids is 2. The van der Waals surface area contributed by atoms with Crippen LogP contribution in [0.1, 0.15) is 38.7 Å². The lowest BCUT2D eigenvalue weighted by atomic mass is 9.88. The molecule has 1 aromatic carbocycles. The summed E-state index contributed by atoms with van der Waals surface area (Å²) < 4.78 is 21.5. The first-order chi connectivity index (χ1) is 15.1. The molecule has 0 aliphatic carbocycles. The van der Waals surface area contributed by atoms with E-state index in [4.69, 9.17) is 18.9 Å². The highest BCUT2D eigenvalue weighted by Crippen LogP contribution is 2.43. The normalized spacial score (nSPS) is 18.3. The van der Waals surface area contributed by atoms with Crippen molar-refractivity contribution in [2.75, 3.05) is 54.7 Å². The molecule has 32 heavy (non-hydrogen) atoms. The zero-order valence-electron chi connectivity index (χ0n) is 20.2. The molecule has 1 aliphatic heterocycles. The van der Waals surface area contributed by atoms with Crippen LogP contribution in [0.5, 0.6) is 17.2 Å². The fourth-order valence-electron chi connectivity index (χ4n) is 3.85. The molecule has 1 aliphatic rings. The van der Waals surface area contributed by atoms with Gasteiger partial charge in [-0.05, 0) is 44.9 Å². The number of hydrogen-bond acceptors (Lipinski definition) is 6. The summed E-state index contributed by atoms with van der Waals surface area (Å²) in [5, 5.41) is 5.97. The van der Waals surface area contributed by atoms with Gasteiger partial charge in [0.15, 0.2) is 11.5 Å². The Bertz CT molecular complexity index is 767. The molecule has 0 saturated carbocycles. The van der Waals surface area contributed by atoms with Crippen molar-refractivity contribution >= 4 is 11.9 Å². The number of nitrogens with one attached hydrogen (secondary N) is 2. The highest BCUT2D eigenvalue weighted by atomic mass is 16.5. The molecule has 0 unspecified atom stereocenters. The maximum absolute atomic E-state index is 13.1. The van der Waals surface area contributed by atoms with Gasteiger partial charge in [-0.15, -0.1) is 0 Å². The molecule has 0 bridgehead atoms. The third-order valence-electron chi connectivity index (χ3n) is 5.37. The molecule has 1 heterocycles. The topological polar surface area (TPSA) is 98.4 Å². The van der Waals surface area contributed by atoms with Crippen LogP contribution in [0.25, 0.3) is 0 Å². The van der Waals surface area contributed by atoms with Crippen molar-refractivity contribution in [3.05, 3.63) is 17.7 Å². The van der Waals surface area contributed by atoms with Crippen molar-refractivity contribution in [1.82, 2.24) is 15.5 Å². The first kappa shape index (κ1) is 25.6. The minimum absolute atomic E-state index is 0.0917. The molecule has 3 amide bonds. The quantitative estimate of drug-likeness (QED) is 0.560. The van der Waals surface area contributed by atoms with Gasteiger partial charge < -0.3 is 34.5 Å². The molecule has 0 aromatic heterocycles. The predicted octanol–water partition coefficient (Wildman–Crippen LogP) is 2.39. The zero-order chi connectivity index (χ0) is 23.9. The number of amides is 3. The van der Waals surface area contributed by atoms with Crippen molar-refractivity contribution in [3.63, 3.8) is 0 Å². The Morgan fingerprint density at radius 3 is 2.16 bits per heavy atom. The highest BCUT2D eigenvalue weighted by Gasteiger charge is 2.41. The maximum atomic E-state index is 13.1. The number of ether oxygens (including phenoxy) is 4. The summed E-state index contributed by atoms with van der Waals surface area (Å²) in [5.74, 6) is 0.783. The van der Waals surface area contributed by atoms with Crippen molar-refractivity contribution in [2.45, 2.75) is 38.6 Å². The van der Waals surface area contributed by atoms with Crippen LogP contribution in [-0.2, 0) is 9.53 Å². The number of carbonyl (C=O) groups is 2. The van der Waals surface area contributed by atoms with E-state index in [2.05, 4.69) is 10.6 Å². The lowest BCUT2D eigenvalue weighted by Gasteiger charge is -2.25. The molecule has 2 N–H and O–H groups in total. The lowest BCUT2D eigenvalue weighted by molar-refractivity contribution is -0.124. The average molecular weight is 452 g/mol. The second-order valence-corrected chi connectivity index (χ2v) is 8.89. The number of nitrogens with zero attached hydrogens (tertiary/aromatic N) is 1. The van der Waals surface area contributed by atoms with E-state index in [9.17, 15) is 9.59 Å². The van der Waals surface area contributed by atoms with E-state index < -0.39 is 5.92 Å². The van der Waals surface area contributed by atoms with Crippen LogP contribution < -0.4 is 24.8 Å². The molecule has 1 saturated heterocycles. The number of urea groups is 1. The number of likely N-dealkylation sites (tertiary alicyclic amines) is 1. The van der Waals surface area contributed by atoms with Gasteiger partial charge in [0.2, 0.25) is 11.7 Å². The van der Waals surface area contributed by atoms with Crippen molar-refractivity contribution in [2.24, 2.45) is 5.92 Å². The van der Waals surface area contributed by atoms with E-state index in [1.54, 1.807) is 33.3 Å². The number of methoxy groups -OCH3 is 4. The van der Waals surface area contributed by atoms with Gasteiger partial charge >= 0.3 is 6.03 Å². The summed E-state index contributed by atoms with van der Waals surface area (Å²) in [6.07, 6.45) is 0.720. The second kappa shape index (κ2) is 11.3. The Kier molecular flexibility index (Phi) is 9.00. The Hall–Kier alpha value is -2.68. The molecule has 1 aromatic rings. The van der Waals surface area contributed by atoms with E-state index in [-0.39, 0.29) is 23.4 Å². The van der Waals surface area contributed by atoms with Crippen molar-refractivity contribution in [1.29, 1.82) is 0 Å². The average Bonchev–Trinajstić information content (AvgIpc) is 3.20. The van der Waals surface area contributed by atoms with Gasteiger partial charge in [-0.3, -0.25) is 4.79 Å². The van der Waals surface area contributed by atoms with E-state index >= 15 is 0 Å². The van der Waals surface area contributed by atoms with Gasteiger partial charge in [0, 0.05) is 44.8 Å². The summed E-state index contributed by atoms with van der Waals surface area (Å²) in [6.45, 7) is 7.59. The monoisotopic (exact) mass is 451 g/mol. The van der Waals surface area contributed by atoms with Gasteiger partial charge in [-0.25, -0.2) is 4.79 Å². The minimum atomic E-state index is -0.411. The summed E-state index contributed by atoms with van der Waals surface area (Å²) >= 11 is 0. The van der Waals surface area contributed by atoms with E-state index in [0.29, 0.717) is 43.5 Å². The van der Waals surface area contributed by atoms with Gasteiger partial charge in [-0.1, -0.05) is 0 Å². The van der Waals surface area contributed by atoms with Crippen LogP contribution in [-0.4, -0.2) is 77.1 Å². The molecule has 9 heteroatoms. The third-order valence-corrected chi connectivity index (χ3v) is 5.37. The fourth-order valence-corrected chi connectivity index (χ4v) is 3.85. The fraction of sp³-hybridized carbons (Fsp3) is 0.652. The Morgan fingerprint density at radius 2 is 1.66 bits per heavy atom. The van der Waals surface area contributed by atoms with Gasteiger partial charge in [0.25, 0.3) is 0 Å². The van der Waals surface area contributed by atoms with Gasteiger partial charge in [0.05, 0.1) is 27.2 Å².